The van der Waals surface area contributed by atoms with Crippen molar-refractivity contribution in [2.75, 3.05) is 33.4 Å². The maximum absolute atomic E-state index is 6.32. The number of ether oxygens (including phenoxy) is 1. The van der Waals surface area contributed by atoms with Gasteiger partial charge in [-0.15, -0.1) is 0 Å². The molecule has 0 bridgehead atoms. The highest BCUT2D eigenvalue weighted by Crippen LogP contribution is 2.33. The Morgan fingerprint density at radius 3 is 3.05 bits per heavy atom. The van der Waals surface area contributed by atoms with E-state index in [1.54, 1.807) is 7.11 Å². The van der Waals surface area contributed by atoms with Crippen molar-refractivity contribution in [3.63, 3.8) is 0 Å². The number of hydrogen-bond acceptors (Lipinski definition) is 3. The highest BCUT2D eigenvalue weighted by atomic mass is 79.9. The third-order valence-corrected chi connectivity index (χ3v) is 4.54. The summed E-state index contributed by atoms with van der Waals surface area (Å²) < 4.78 is 6.28. The fourth-order valence-corrected chi connectivity index (χ4v) is 3.38. The Morgan fingerprint density at radius 2 is 2.37 bits per heavy atom. The summed E-state index contributed by atoms with van der Waals surface area (Å²) in [6, 6.07) is 6.14. The van der Waals surface area contributed by atoms with E-state index in [0.717, 1.165) is 41.2 Å². The van der Waals surface area contributed by atoms with Crippen molar-refractivity contribution in [2.24, 2.45) is 11.7 Å². The number of rotatable bonds is 5. The zero-order valence-corrected chi connectivity index (χ0v) is 13.5. The van der Waals surface area contributed by atoms with Crippen LogP contribution in [0.25, 0.3) is 0 Å². The van der Waals surface area contributed by atoms with Crippen molar-refractivity contribution >= 4 is 27.5 Å². The summed E-state index contributed by atoms with van der Waals surface area (Å²) >= 11 is 9.82. The molecule has 1 aromatic rings. The number of nitrogens with zero attached hydrogens (tertiary/aromatic N) is 1. The first kappa shape index (κ1) is 15.3. The second-order valence-electron chi connectivity index (χ2n) is 5.02. The Morgan fingerprint density at radius 1 is 1.58 bits per heavy atom. The summed E-state index contributed by atoms with van der Waals surface area (Å²) in [5.74, 6) is 0.602. The molecule has 2 rings (SSSR count). The number of likely N-dealkylation sites (tertiary alicyclic amines) is 1. The van der Waals surface area contributed by atoms with Gasteiger partial charge in [0.2, 0.25) is 0 Å². The van der Waals surface area contributed by atoms with Crippen LogP contribution in [0.5, 0.6) is 0 Å². The second kappa shape index (κ2) is 7.04. The van der Waals surface area contributed by atoms with Gasteiger partial charge in [-0.3, -0.25) is 4.90 Å². The summed E-state index contributed by atoms with van der Waals surface area (Å²) in [4.78, 5) is 2.41. The van der Waals surface area contributed by atoms with E-state index >= 15 is 0 Å². The summed E-state index contributed by atoms with van der Waals surface area (Å²) in [5, 5.41) is 0.786. The van der Waals surface area contributed by atoms with Crippen LogP contribution in [0.4, 0.5) is 0 Å². The summed E-state index contributed by atoms with van der Waals surface area (Å²) in [6.07, 6.45) is 1.16. The van der Waals surface area contributed by atoms with Crippen LogP contribution in [0.1, 0.15) is 18.0 Å². The van der Waals surface area contributed by atoms with Crippen LogP contribution in [-0.2, 0) is 4.74 Å². The quantitative estimate of drug-likeness (QED) is 0.889. The lowest BCUT2D eigenvalue weighted by atomic mass is 10.1. The topological polar surface area (TPSA) is 38.5 Å². The molecule has 0 amide bonds. The first-order valence-electron chi connectivity index (χ1n) is 6.53. The molecule has 1 aromatic carbocycles. The molecule has 0 radical (unpaired) electrons. The molecule has 1 fully saturated rings. The highest BCUT2D eigenvalue weighted by molar-refractivity contribution is 9.10. The van der Waals surface area contributed by atoms with Crippen LogP contribution in [0, 0.1) is 5.92 Å². The minimum Gasteiger partial charge on any atom is -0.384 e. The standard InChI is InChI=1S/C14H20BrClN2O/c1-19-9-10-4-5-18(8-10)14(7-17)12-6-11(15)2-3-13(12)16/h2-3,6,10,14H,4-5,7-9,17H2,1H3. The predicted octanol–water partition coefficient (Wildman–Crippen LogP) is 3.07. The van der Waals surface area contributed by atoms with Crippen LogP contribution in [0.3, 0.4) is 0 Å². The highest BCUT2D eigenvalue weighted by Gasteiger charge is 2.29. The Hall–Kier alpha value is -0.130. The lowest BCUT2D eigenvalue weighted by Gasteiger charge is -2.28. The minimum absolute atomic E-state index is 0.187. The molecule has 0 spiro atoms. The van der Waals surface area contributed by atoms with Gasteiger partial charge in [0.1, 0.15) is 0 Å². The lowest BCUT2D eigenvalue weighted by Crippen LogP contribution is -2.32. The monoisotopic (exact) mass is 346 g/mol. The van der Waals surface area contributed by atoms with Crippen molar-refractivity contribution in [3.05, 3.63) is 33.3 Å². The van der Waals surface area contributed by atoms with E-state index in [1.807, 2.05) is 12.1 Å². The molecule has 106 valence electrons. The largest absolute Gasteiger partial charge is 0.384 e. The van der Waals surface area contributed by atoms with Gasteiger partial charge in [0.15, 0.2) is 0 Å². The first-order valence-corrected chi connectivity index (χ1v) is 7.70. The molecule has 1 aliphatic heterocycles. The van der Waals surface area contributed by atoms with Crippen LogP contribution in [-0.4, -0.2) is 38.3 Å². The van der Waals surface area contributed by atoms with Crippen LogP contribution in [0.15, 0.2) is 22.7 Å². The molecule has 2 unspecified atom stereocenters. The van der Waals surface area contributed by atoms with Gasteiger partial charge in [0, 0.05) is 35.7 Å². The van der Waals surface area contributed by atoms with Gasteiger partial charge in [-0.05, 0) is 42.6 Å². The van der Waals surface area contributed by atoms with Crippen LogP contribution in [0.2, 0.25) is 5.02 Å². The van der Waals surface area contributed by atoms with E-state index in [2.05, 4.69) is 26.9 Å². The fraction of sp³-hybridized carbons (Fsp3) is 0.571. The molecule has 0 aliphatic carbocycles. The average molecular weight is 348 g/mol. The maximum atomic E-state index is 6.32. The molecule has 19 heavy (non-hydrogen) atoms. The van der Waals surface area contributed by atoms with Gasteiger partial charge < -0.3 is 10.5 Å². The molecule has 0 saturated carbocycles. The Labute approximate surface area is 128 Å². The molecule has 2 atom stereocenters. The Kier molecular flexibility index (Phi) is 5.66. The normalized spacial score (nSPS) is 21.8. The minimum atomic E-state index is 0.187. The molecule has 0 aromatic heterocycles. The molecular weight excluding hydrogens is 328 g/mol. The predicted molar refractivity (Wildman–Crippen MR) is 82.5 cm³/mol. The molecule has 1 heterocycles. The average Bonchev–Trinajstić information content (AvgIpc) is 2.83. The van der Waals surface area contributed by atoms with E-state index in [-0.39, 0.29) is 6.04 Å². The Bertz CT molecular complexity index is 430. The van der Waals surface area contributed by atoms with E-state index in [4.69, 9.17) is 22.1 Å². The van der Waals surface area contributed by atoms with Gasteiger partial charge in [0.05, 0.1) is 6.61 Å². The molecule has 1 saturated heterocycles. The number of hydrogen-bond donors (Lipinski definition) is 1. The van der Waals surface area contributed by atoms with Crippen molar-refractivity contribution < 1.29 is 4.74 Å². The Balaban J connectivity index is 2.14. The van der Waals surface area contributed by atoms with Gasteiger partial charge in [-0.1, -0.05) is 27.5 Å². The van der Waals surface area contributed by atoms with Crippen molar-refractivity contribution in [1.82, 2.24) is 4.90 Å². The third-order valence-electron chi connectivity index (χ3n) is 3.70. The second-order valence-corrected chi connectivity index (χ2v) is 6.35. The number of methoxy groups -OCH3 is 1. The molecule has 3 nitrogen and oxygen atoms in total. The number of nitrogens with two attached hydrogens (primary N) is 1. The number of benzene rings is 1. The van der Waals surface area contributed by atoms with E-state index in [1.165, 1.54) is 0 Å². The summed E-state index contributed by atoms with van der Waals surface area (Å²) in [5.41, 5.74) is 7.08. The van der Waals surface area contributed by atoms with E-state index in [0.29, 0.717) is 12.5 Å². The molecule has 2 N–H and O–H groups in total. The van der Waals surface area contributed by atoms with E-state index < -0.39 is 0 Å². The van der Waals surface area contributed by atoms with Crippen molar-refractivity contribution in [3.8, 4) is 0 Å². The molecule has 1 aliphatic rings. The zero-order valence-electron chi connectivity index (χ0n) is 11.1. The van der Waals surface area contributed by atoms with Gasteiger partial charge in [-0.25, -0.2) is 0 Å². The van der Waals surface area contributed by atoms with Gasteiger partial charge in [0.25, 0.3) is 0 Å². The summed E-state index contributed by atoms with van der Waals surface area (Å²) in [7, 11) is 1.76. The maximum Gasteiger partial charge on any atom is 0.0503 e. The number of halogens is 2. The van der Waals surface area contributed by atoms with Gasteiger partial charge in [-0.2, -0.15) is 0 Å². The smallest absolute Gasteiger partial charge is 0.0503 e. The first-order chi connectivity index (χ1) is 9.15. The summed E-state index contributed by atoms with van der Waals surface area (Å²) in [6.45, 7) is 3.48. The molecular formula is C14H20BrClN2O. The van der Waals surface area contributed by atoms with Crippen molar-refractivity contribution in [1.29, 1.82) is 0 Å². The zero-order chi connectivity index (χ0) is 13.8. The van der Waals surface area contributed by atoms with Crippen molar-refractivity contribution in [2.45, 2.75) is 12.5 Å². The van der Waals surface area contributed by atoms with Crippen LogP contribution >= 0.6 is 27.5 Å². The van der Waals surface area contributed by atoms with Gasteiger partial charge >= 0.3 is 0 Å². The van der Waals surface area contributed by atoms with E-state index in [9.17, 15) is 0 Å². The SMILES string of the molecule is COCC1CCN(C(CN)c2cc(Br)ccc2Cl)C1. The molecule has 5 heteroatoms. The lowest BCUT2D eigenvalue weighted by molar-refractivity contribution is 0.147. The fourth-order valence-electron chi connectivity index (χ4n) is 2.76. The third kappa shape index (κ3) is 3.70. The van der Waals surface area contributed by atoms with Crippen LogP contribution < -0.4 is 5.73 Å².